The maximum absolute atomic E-state index is 12.4. The number of carbonyl (C=O) groups excluding carboxylic acids is 1. The summed E-state index contributed by atoms with van der Waals surface area (Å²) in [6, 6.07) is 3.58. The van der Waals surface area contributed by atoms with Crippen LogP contribution in [0.4, 0.5) is 0 Å². The number of amides is 1. The Balaban J connectivity index is 1.56. The minimum Gasteiger partial charge on any atom is -0.467 e. The smallest absolute Gasteiger partial charge is 0.237 e. The third-order valence-corrected chi connectivity index (χ3v) is 3.92. The lowest BCUT2D eigenvalue weighted by molar-refractivity contribution is -0.125. The Labute approximate surface area is 129 Å². The summed E-state index contributed by atoms with van der Waals surface area (Å²) in [5, 5.41) is 11.5. The van der Waals surface area contributed by atoms with Crippen molar-refractivity contribution < 1.29 is 9.21 Å². The van der Waals surface area contributed by atoms with E-state index in [1.807, 2.05) is 19.1 Å². The largest absolute Gasteiger partial charge is 0.467 e. The number of nitrogens with zero attached hydrogens (tertiary/aromatic N) is 4. The molecule has 1 amide bonds. The van der Waals surface area contributed by atoms with E-state index < -0.39 is 0 Å². The highest BCUT2D eigenvalue weighted by molar-refractivity contribution is 5.81. The Kier molecular flexibility index (Phi) is 4.53. The summed E-state index contributed by atoms with van der Waals surface area (Å²) in [4.78, 5) is 16.2. The van der Waals surface area contributed by atoms with E-state index in [-0.39, 0.29) is 11.9 Å². The molecule has 1 aliphatic rings. The van der Waals surface area contributed by atoms with Crippen molar-refractivity contribution in [2.24, 2.45) is 0 Å². The Morgan fingerprint density at radius 1 is 1.55 bits per heavy atom. The van der Waals surface area contributed by atoms with Crippen LogP contribution in [0.25, 0.3) is 0 Å². The zero-order valence-corrected chi connectivity index (χ0v) is 12.7. The van der Waals surface area contributed by atoms with Gasteiger partial charge in [-0.05, 0) is 38.4 Å². The molecule has 3 rings (SSSR count). The first kappa shape index (κ1) is 14.8. The molecule has 1 aliphatic heterocycles. The van der Waals surface area contributed by atoms with Crippen LogP contribution < -0.4 is 5.32 Å². The van der Waals surface area contributed by atoms with Gasteiger partial charge in [-0.3, -0.25) is 9.69 Å². The second-order valence-electron chi connectivity index (χ2n) is 5.45. The van der Waals surface area contributed by atoms with Gasteiger partial charge in [0, 0.05) is 6.54 Å². The van der Waals surface area contributed by atoms with Crippen LogP contribution in [0.5, 0.6) is 0 Å². The molecule has 1 N–H and O–H groups in total. The molecule has 118 valence electrons. The predicted molar refractivity (Wildman–Crippen MR) is 79.7 cm³/mol. The van der Waals surface area contributed by atoms with Crippen LogP contribution >= 0.6 is 0 Å². The number of nitrogens with one attached hydrogen (secondary N) is 1. The molecule has 0 radical (unpaired) electrons. The molecule has 0 saturated carbocycles. The topological polar surface area (TPSA) is 76.2 Å². The molecule has 0 aromatic carbocycles. The zero-order valence-electron chi connectivity index (χ0n) is 12.7. The van der Waals surface area contributed by atoms with Gasteiger partial charge in [-0.1, -0.05) is 0 Å². The highest BCUT2D eigenvalue weighted by atomic mass is 16.3. The van der Waals surface area contributed by atoms with Crippen LogP contribution in [-0.2, 0) is 24.4 Å². The second kappa shape index (κ2) is 6.74. The SMILES string of the molecule is CCn1ncc(CN2CCCC2C(=O)NCc2ccco2)n1. The van der Waals surface area contributed by atoms with E-state index in [4.69, 9.17) is 4.42 Å². The van der Waals surface area contributed by atoms with Crippen LogP contribution in [0.2, 0.25) is 0 Å². The number of rotatable bonds is 6. The van der Waals surface area contributed by atoms with E-state index in [0.717, 1.165) is 37.4 Å². The summed E-state index contributed by atoms with van der Waals surface area (Å²) in [5.41, 5.74) is 0.910. The minimum atomic E-state index is -0.0956. The molecule has 1 saturated heterocycles. The van der Waals surface area contributed by atoms with E-state index in [1.165, 1.54) is 0 Å². The highest BCUT2D eigenvalue weighted by Gasteiger charge is 2.31. The van der Waals surface area contributed by atoms with Gasteiger partial charge in [0.25, 0.3) is 0 Å². The lowest BCUT2D eigenvalue weighted by Crippen LogP contribution is -2.42. The van der Waals surface area contributed by atoms with Crippen molar-refractivity contribution in [2.45, 2.75) is 45.4 Å². The fourth-order valence-electron chi connectivity index (χ4n) is 2.78. The second-order valence-corrected chi connectivity index (χ2v) is 5.45. The van der Waals surface area contributed by atoms with Gasteiger partial charge in [0.15, 0.2) is 0 Å². The van der Waals surface area contributed by atoms with Crippen molar-refractivity contribution >= 4 is 5.91 Å². The zero-order chi connectivity index (χ0) is 15.4. The first-order chi connectivity index (χ1) is 10.8. The third kappa shape index (κ3) is 3.36. The van der Waals surface area contributed by atoms with E-state index in [9.17, 15) is 4.79 Å². The summed E-state index contributed by atoms with van der Waals surface area (Å²) in [6.07, 6.45) is 5.30. The van der Waals surface area contributed by atoms with Gasteiger partial charge >= 0.3 is 0 Å². The summed E-state index contributed by atoms with van der Waals surface area (Å²) in [7, 11) is 0. The summed E-state index contributed by atoms with van der Waals surface area (Å²) >= 11 is 0. The summed E-state index contributed by atoms with van der Waals surface area (Å²) in [6.45, 7) is 4.77. The van der Waals surface area contributed by atoms with Crippen LogP contribution in [0, 0.1) is 0 Å². The number of hydrogen-bond donors (Lipinski definition) is 1. The molecule has 2 aromatic heterocycles. The first-order valence-corrected chi connectivity index (χ1v) is 7.69. The molecule has 7 heteroatoms. The Bertz CT molecular complexity index is 607. The van der Waals surface area contributed by atoms with Crippen molar-refractivity contribution in [1.29, 1.82) is 0 Å². The average Bonchev–Trinajstić information content (AvgIpc) is 3.27. The van der Waals surface area contributed by atoms with Gasteiger partial charge in [0.2, 0.25) is 5.91 Å². The van der Waals surface area contributed by atoms with Crippen molar-refractivity contribution in [2.75, 3.05) is 6.54 Å². The Morgan fingerprint density at radius 3 is 3.18 bits per heavy atom. The number of furan rings is 1. The van der Waals surface area contributed by atoms with Crippen LogP contribution in [0.1, 0.15) is 31.2 Å². The molecule has 1 fully saturated rings. The molecule has 0 spiro atoms. The first-order valence-electron chi connectivity index (χ1n) is 7.69. The van der Waals surface area contributed by atoms with E-state index in [2.05, 4.69) is 20.4 Å². The molecule has 1 atom stereocenters. The van der Waals surface area contributed by atoms with Crippen molar-refractivity contribution in [3.63, 3.8) is 0 Å². The lowest BCUT2D eigenvalue weighted by Gasteiger charge is -2.22. The fourth-order valence-corrected chi connectivity index (χ4v) is 2.78. The van der Waals surface area contributed by atoms with Crippen molar-refractivity contribution in [1.82, 2.24) is 25.2 Å². The summed E-state index contributed by atoms with van der Waals surface area (Å²) in [5.74, 6) is 0.820. The van der Waals surface area contributed by atoms with Gasteiger partial charge in [-0.25, -0.2) is 0 Å². The van der Waals surface area contributed by atoms with Gasteiger partial charge in [-0.15, -0.1) is 0 Å². The number of aryl methyl sites for hydroxylation is 1. The lowest BCUT2D eigenvalue weighted by atomic mass is 10.2. The van der Waals surface area contributed by atoms with Gasteiger partial charge in [-0.2, -0.15) is 15.0 Å². The van der Waals surface area contributed by atoms with Crippen LogP contribution in [0.3, 0.4) is 0 Å². The third-order valence-electron chi connectivity index (χ3n) is 3.92. The van der Waals surface area contributed by atoms with Crippen molar-refractivity contribution in [3.8, 4) is 0 Å². The molecular weight excluding hydrogens is 282 g/mol. The highest BCUT2D eigenvalue weighted by Crippen LogP contribution is 2.19. The predicted octanol–water partition coefficient (Wildman–Crippen LogP) is 1.17. The average molecular weight is 303 g/mol. The quantitative estimate of drug-likeness (QED) is 0.867. The van der Waals surface area contributed by atoms with Crippen LogP contribution in [0.15, 0.2) is 29.0 Å². The number of likely N-dealkylation sites (tertiary alicyclic amines) is 1. The fraction of sp³-hybridized carbons (Fsp3) is 0.533. The maximum atomic E-state index is 12.4. The van der Waals surface area contributed by atoms with Gasteiger partial charge in [0.05, 0.1) is 37.3 Å². The maximum Gasteiger partial charge on any atom is 0.237 e. The molecule has 0 aliphatic carbocycles. The van der Waals surface area contributed by atoms with E-state index >= 15 is 0 Å². The number of aromatic nitrogens is 3. The molecular formula is C15H21N5O2. The van der Waals surface area contributed by atoms with Gasteiger partial charge < -0.3 is 9.73 Å². The normalized spacial score (nSPS) is 18.7. The molecule has 0 bridgehead atoms. The van der Waals surface area contributed by atoms with Crippen molar-refractivity contribution in [3.05, 3.63) is 36.0 Å². The Hall–Kier alpha value is -2.15. The van der Waals surface area contributed by atoms with Crippen LogP contribution in [-0.4, -0.2) is 38.4 Å². The molecule has 2 aromatic rings. The molecule has 7 nitrogen and oxygen atoms in total. The monoisotopic (exact) mass is 303 g/mol. The number of hydrogen-bond acceptors (Lipinski definition) is 5. The Morgan fingerprint density at radius 2 is 2.45 bits per heavy atom. The van der Waals surface area contributed by atoms with E-state index in [1.54, 1.807) is 17.3 Å². The van der Waals surface area contributed by atoms with Gasteiger partial charge in [0.1, 0.15) is 5.76 Å². The van der Waals surface area contributed by atoms with E-state index in [0.29, 0.717) is 13.1 Å². The molecule has 22 heavy (non-hydrogen) atoms. The summed E-state index contributed by atoms with van der Waals surface area (Å²) < 4.78 is 5.23. The molecule has 1 unspecified atom stereocenters. The number of carbonyl (C=O) groups is 1. The minimum absolute atomic E-state index is 0.0526. The molecule has 3 heterocycles. The standard InChI is InChI=1S/C15H21N5O2/c1-2-20-17-9-12(18-20)11-19-7-3-6-14(19)15(21)16-10-13-5-4-8-22-13/h4-5,8-9,14H,2-3,6-7,10-11H2,1H3,(H,16,21).